The van der Waals surface area contributed by atoms with Crippen LogP contribution >= 0.6 is 0 Å². The maximum absolute atomic E-state index is 12.8. The SMILES string of the molecule is COC1CCC(C2(C3CCC(OC(F)(F)F)CC3)C=CC3C(C)CC4CCCCC4C3O2)CC1. The summed E-state index contributed by atoms with van der Waals surface area (Å²) >= 11 is 0. The quantitative estimate of drug-likeness (QED) is 0.388. The van der Waals surface area contributed by atoms with E-state index in [4.69, 9.17) is 9.47 Å². The molecule has 0 saturated heterocycles. The van der Waals surface area contributed by atoms with Crippen LogP contribution in [0.1, 0.15) is 90.4 Å². The predicted octanol–water partition coefficient (Wildman–Crippen LogP) is 7.44. The van der Waals surface area contributed by atoms with E-state index in [-0.39, 0.29) is 17.6 Å². The summed E-state index contributed by atoms with van der Waals surface area (Å²) in [6, 6.07) is 0. The van der Waals surface area contributed by atoms with Gasteiger partial charge in [0.1, 0.15) is 0 Å². The van der Waals surface area contributed by atoms with E-state index in [9.17, 15) is 13.2 Å². The number of rotatable bonds is 4. The zero-order valence-electron chi connectivity index (χ0n) is 20.9. The minimum atomic E-state index is -4.55. The highest BCUT2D eigenvalue weighted by Gasteiger charge is 2.55. The normalized spacial score (nSPS) is 47.6. The van der Waals surface area contributed by atoms with Crippen LogP contribution in [-0.4, -0.2) is 37.4 Å². The molecule has 0 N–H and O–H groups in total. The van der Waals surface area contributed by atoms with Gasteiger partial charge in [-0.2, -0.15) is 0 Å². The summed E-state index contributed by atoms with van der Waals surface area (Å²) in [5, 5.41) is 0. The second-order valence-corrected chi connectivity index (χ2v) is 12.0. The van der Waals surface area contributed by atoms with Crippen LogP contribution in [0.4, 0.5) is 13.2 Å². The maximum Gasteiger partial charge on any atom is 0.522 e. The number of hydrogen-bond donors (Lipinski definition) is 0. The van der Waals surface area contributed by atoms with E-state index in [1.165, 1.54) is 32.1 Å². The summed E-state index contributed by atoms with van der Waals surface area (Å²) in [6.07, 6.45) is 13.4. The van der Waals surface area contributed by atoms with Crippen LogP contribution in [0.2, 0.25) is 0 Å². The Balaban J connectivity index is 1.40. The van der Waals surface area contributed by atoms with E-state index < -0.39 is 12.5 Å². The number of methoxy groups -OCH3 is 1. The van der Waals surface area contributed by atoms with Crippen molar-refractivity contribution in [3.8, 4) is 0 Å². The van der Waals surface area contributed by atoms with Crippen molar-refractivity contribution in [3.05, 3.63) is 12.2 Å². The Morgan fingerprint density at radius 2 is 1.47 bits per heavy atom. The maximum atomic E-state index is 12.8. The third kappa shape index (κ3) is 4.98. The summed E-state index contributed by atoms with van der Waals surface area (Å²) in [7, 11) is 1.80. The van der Waals surface area contributed by atoms with Gasteiger partial charge >= 0.3 is 6.36 Å². The molecule has 6 atom stereocenters. The Hall–Kier alpha value is -0.590. The third-order valence-electron chi connectivity index (χ3n) is 10.3. The van der Waals surface area contributed by atoms with Gasteiger partial charge in [-0.05, 0) is 93.8 Å². The van der Waals surface area contributed by atoms with E-state index in [0.29, 0.717) is 42.6 Å². The Bertz CT molecular complexity index is 708. The van der Waals surface area contributed by atoms with Gasteiger partial charge in [-0.3, -0.25) is 4.74 Å². The first-order valence-corrected chi connectivity index (χ1v) is 13.9. The van der Waals surface area contributed by atoms with Crippen molar-refractivity contribution < 1.29 is 27.4 Å². The van der Waals surface area contributed by atoms with Crippen molar-refractivity contribution in [1.82, 2.24) is 0 Å². The van der Waals surface area contributed by atoms with Gasteiger partial charge in [-0.25, -0.2) is 0 Å². The van der Waals surface area contributed by atoms with Gasteiger partial charge in [0.25, 0.3) is 0 Å². The lowest BCUT2D eigenvalue weighted by Crippen LogP contribution is -2.58. The standard InChI is InChI=1S/C28H43F3O3/c1-18-17-19-5-3-4-6-25(19)26-24(18)15-16-27(34-26,20-7-11-22(32-2)12-8-20)21-9-13-23(14-10-21)33-28(29,30)31/h15-16,18-26H,3-14,17H2,1-2H3. The molecular weight excluding hydrogens is 441 g/mol. The van der Waals surface area contributed by atoms with Crippen LogP contribution in [0.3, 0.4) is 0 Å². The molecule has 0 spiro atoms. The summed E-state index contributed by atoms with van der Waals surface area (Å²) in [5.74, 6) is 3.21. The molecule has 6 heteroatoms. The van der Waals surface area contributed by atoms with Crippen LogP contribution in [-0.2, 0) is 14.2 Å². The van der Waals surface area contributed by atoms with Gasteiger partial charge in [0.05, 0.1) is 23.9 Å². The first-order chi connectivity index (χ1) is 16.3. The minimum absolute atomic E-state index is 0.265. The van der Waals surface area contributed by atoms with Crippen molar-refractivity contribution in [1.29, 1.82) is 0 Å². The van der Waals surface area contributed by atoms with E-state index in [1.54, 1.807) is 7.11 Å². The third-order valence-corrected chi connectivity index (χ3v) is 10.3. The predicted molar refractivity (Wildman–Crippen MR) is 125 cm³/mol. The van der Waals surface area contributed by atoms with Crippen molar-refractivity contribution in [3.63, 3.8) is 0 Å². The molecule has 5 rings (SSSR count). The lowest BCUT2D eigenvalue weighted by Gasteiger charge is -2.57. The van der Waals surface area contributed by atoms with E-state index in [2.05, 4.69) is 23.8 Å². The molecule has 1 heterocycles. The molecule has 3 nitrogen and oxygen atoms in total. The number of alkyl halides is 3. The van der Waals surface area contributed by atoms with Crippen LogP contribution in [0.25, 0.3) is 0 Å². The van der Waals surface area contributed by atoms with Gasteiger partial charge in [-0.15, -0.1) is 13.2 Å². The molecule has 4 fully saturated rings. The number of halogens is 3. The van der Waals surface area contributed by atoms with Crippen molar-refractivity contribution in [2.45, 2.75) is 121 Å². The smallest absolute Gasteiger partial charge is 0.381 e. The van der Waals surface area contributed by atoms with Crippen LogP contribution < -0.4 is 0 Å². The Morgan fingerprint density at radius 3 is 2.09 bits per heavy atom. The van der Waals surface area contributed by atoms with Gasteiger partial charge in [0.15, 0.2) is 0 Å². The molecule has 0 amide bonds. The van der Waals surface area contributed by atoms with Crippen LogP contribution in [0.5, 0.6) is 0 Å². The van der Waals surface area contributed by atoms with Gasteiger partial charge < -0.3 is 9.47 Å². The second kappa shape index (κ2) is 10.0. The average Bonchev–Trinajstić information content (AvgIpc) is 2.83. The molecule has 4 saturated carbocycles. The lowest BCUT2D eigenvalue weighted by atomic mass is 9.58. The molecule has 5 aliphatic rings. The summed E-state index contributed by atoms with van der Waals surface area (Å²) < 4.78 is 56.0. The van der Waals surface area contributed by atoms with Crippen molar-refractivity contribution >= 4 is 0 Å². The van der Waals surface area contributed by atoms with Gasteiger partial charge in [0, 0.05) is 13.0 Å². The van der Waals surface area contributed by atoms with Crippen LogP contribution in [0, 0.1) is 35.5 Å². The topological polar surface area (TPSA) is 27.7 Å². The minimum Gasteiger partial charge on any atom is -0.381 e. The molecule has 6 unspecified atom stereocenters. The second-order valence-electron chi connectivity index (χ2n) is 12.0. The molecule has 34 heavy (non-hydrogen) atoms. The number of ether oxygens (including phenoxy) is 3. The summed E-state index contributed by atoms with van der Waals surface area (Å²) in [4.78, 5) is 0. The zero-order valence-corrected chi connectivity index (χ0v) is 20.9. The molecule has 0 aromatic carbocycles. The fraction of sp³-hybridized carbons (Fsp3) is 0.929. The monoisotopic (exact) mass is 484 g/mol. The van der Waals surface area contributed by atoms with Crippen molar-refractivity contribution in [2.75, 3.05) is 7.11 Å². The number of fused-ring (bicyclic) bond motifs is 3. The summed E-state index contributed by atoms with van der Waals surface area (Å²) in [6.45, 7) is 2.40. The largest absolute Gasteiger partial charge is 0.522 e. The molecule has 0 aromatic heterocycles. The lowest BCUT2D eigenvalue weighted by molar-refractivity contribution is -0.346. The molecule has 0 aromatic rings. The first-order valence-electron chi connectivity index (χ1n) is 13.9. The molecule has 0 bridgehead atoms. The Labute approximate surface area is 203 Å². The number of hydrogen-bond acceptors (Lipinski definition) is 3. The summed E-state index contributed by atoms with van der Waals surface area (Å²) in [5.41, 5.74) is -0.345. The molecule has 194 valence electrons. The highest BCUT2D eigenvalue weighted by atomic mass is 19.4. The van der Waals surface area contributed by atoms with Gasteiger partial charge in [0.2, 0.25) is 0 Å². The van der Waals surface area contributed by atoms with E-state index in [1.807, 2.05) is 0 Å². The van der Waals surface area contributed by atoms with Crippen LogP contribution in [0.15, 0.2) is 12.2 Å². The average molecular weight is 485 g/mol. The van der Waals surface area contributed by atoms with E-state index in [0.717, 1.165) is 44.4 Å². The Kier molecular flexibility index (Phi) is 7.41. The first kappa shape index (κ1) is 25.1. The molecule has 0 radical (unpaired) electrons. The fourth-order valence-corrected chi connectivity index (χ4v) is 8.58. The highest BCUT2D eigenvalue weighted by Crippen LogP contribution is 2.55. The molecular formula is C28H43F3O3. The highest BCUT2D eigenvalue weighted by molar-refractivity contribution is 5.18. The zero-order chi connectivity index (χ0) is 23.9. The fourth-order valence-electron chi connectivity index (χ4n) is 8.58. The van der Waals surface area contributed by atoms with Gasteiger partial charge in [-0.1, -0.05) is 38.3 Å². The van der Waals surface area contributed by atoms with E-state index >= 15 is 0 Å². The molecule has 4 aliphatic carbocycles. The Morgan fingerprint density at radius 1 is 0.853 bits per heavy atom. The molecule has 1 aliphatic heterocycles. The van der Waals surface area contributed by atoms with Crippen molar-refractivity contribution in [2.24, 2.45) is 35.5 Å².